The molecule has 32 heavy (non-hydrogen) atoms. The molecule has 2 aromatic carbocycles. The van der Waals surface area contributed by atoms with E-state index in [0.29, 0.717) is 49.1 Å². The van der Waals surface area contributed by atoms with Crippen molar-refractivity contribution < 1.29 is 29.2 Å². The molecular weight excluding hydrogens is 408 g/mol. The number of rotatable bonds is 4. The summed E-state index contributed by atoms with van der Waals surface area (Å²) in [5.41, 5.74) is 1.08. The Balaban J connectivity index is 1.98. The van der Waals surface area contributed by atoms with Gasteiger partial charge in [-0.25, -0.2) is 0 Å². The smallest absolute Gasteiger partial charge is 0.161 e. The molecule has 6 nitrogen and oxygen atoms in total. The van der Waals surface area contributed by atoms with Gasteiger partial charge in [0.05, 0.1) is 33.0 Å². The lowest BCUT2D eigenvalue weighted by Crippen LogP contribution is -2.40. The van der Waals surface area contributed by atoms with Gasteiger partial charge in [-0.15, -0.1) is 0 Å². The first-order valence-electron chi connectivity index (χ1n) is 11.3. The predicted molar refractivity (Wildman–Crippen MR) is 124 cm³/mol. The Bertz CT molecular complexity index is 873. The Morgan fingerprint density at radius 2 is 1.38 bits per heavy atom. The van der Waals surface area contributed by atoms with Gasteiger partial charge in [-0.1, -0.05) is 12.1 Å². The number of methoxy groups -OCH3 is 2. The molecule has 0 aromatic heterocycles. The zero-order chi connectivity index (χ0) is 23.1. The van der Waals surface area contributed by atoms with Gasteiger partial charge in [-0.2, -0.15) is 0 Å². The molecule has 0 spiro atoms. The van der Waals surface area contributed by atoms with Crippen LogP contribution >= 0.6 is 0 Å². The molecule has 4 aliphatic rings. The van der Waals surface area contributed by atoms with Crippen LogP contribution < -0.4 is 18.9 Å². The second-order valence-electron chi connectivity index (χ2n) is 8.99. The number of ether oxygens (including phenoxy) is 4. The molecule has 0 amide bonds. The fraction of sp³-hybridized carbons (Fsp3) is 0.538. The molecule has 6 heteroatoms. The van der Waals surface area contributed by atoms with Crippen molar-refractivity contribution in [2.24, 2.45) is 11.8 Å². The zero-order valence-corrected chi connectivity index (χ0v) is 19.6. The molecular formula is C26H36O6. The molecule has 176 valence electrons. The first-order chi connectivity index (χ1) is 15.4. The van der Waals surface area contributed by atoms with Crippen LogP contribution in [0.1, 0.15) is 37.8 Å². The average molecular weight is 445 g/mol. The average Bonchev–Trinajstić information content (AvgIpc) is 2.78. The van der Waals surface area contributed by atoms with Crippen LogP contribution in [-0.4, -0.2) is 49.9 Å². The second kappa shape index (κ2) is 10.9. The molecule has 0 saturated carbocycles. The SMILES string of the molecule is COc1cc2ccc1OCCCCOc1ccc(cc1OC)C[C@@H](C(C)(C)O)[C@H](CO)C2. The van der Waals surface area contributed by atoms with E-state index in [-0.39, 0.29) is 18.4 Å². The third-order valence-electron chi connectivity index (χ3n) is 6.17. The van der Waals surface area contributed by atoms with Crippen LogP contribution in [-0.2, 0) is 12.8 Å². The second-order valence-corrected chi connectivity index (χ2v) is 8.99. The Morgan fingerprint density at radius 1 is 0.875 bits per heavy atom. The Kier molecular flexibility index (Phi) is 8.26. The standard InChI is InChI=1S/C26H36O6/c1-26(2,28)21-14-19-8-10-23(25(16-19)30-4)32-12-6-5-11-31-22-9-7-18(13-20(21)17-27)15-24(22)29-3/h7-10,15-16,20-21,27-28H,5-6,11-14,17H2,1-4H3/t20-,21+/m0/s1. The molecule has 0 unspecified atom stereocenters. The highest BCUT2D eigenvalue weighted by Gasteiger charge is 2.34. The summed E-state index contributed by atoms with van der Waals surface area (Å²) in [7, 11) is 3.26. The van der Waals surface area contributed by atoms with Crippen LogP contribution in [0.25, 0.3) is 0 Å². The van der Waals surface area contributed by atoms with Gasteiger partial charge in [0.15, 0.2) is 23.0 Å². The van der Waals surface area contributed by atoms with Crippen molar-refractivity contribution in [3.05, 3.63) is 47.5 Å². The summed E-state index contributed by atoms with van der Waals surface area (Å²) in [5.74, 6) is 2.44. The van der Waals surface area contributed by atoms with Gasteiger partial charge in [0.1, 0.15) is 0 Å². The highest BCUT2D eigenvalue weighted by atomic mass is 16.5. The lowest BCUT2D eigenvalue weighted by atomic mass is 9.74. The molecule has 0 fully saturated rings. The topological polar surface area (TPSA) is 77.4 Å². The van der Waals surface area contributed by atoms with E-state index in [9.17, 15) is 10.2 Å². The minimum Gasteiger partial charge on any atom is -0.493 e. The van der Waals surface area contributed by atoms with Gasteiger partial charge >= 0.3 is 0 Å². The van der Waals surface area contributed by atoms with Crippen LogP contribution in [0.2, 0.25) is 0 Å². The van der Waals surface area contributed by atoms with Crippen LogP contribution in [0.3, 0.4) is 0 Å². The van der Waals surface area contributed by atoms with Crippen LogP contribution in [0, 0.1) is 11.8 Å². The van der Waals surface area contributed by atoms with Gasteiger partial charge in [-0.05, 0) is 86.8 Å². The highest BCUT2D eigenvalue weighted by molar-refractivity contribution is 5.44. The fourth-order valence-corrected chi connectivity index (χ4v) is 4.37. The third-order valence-corrected chi connectivity index (χ3v) is 6.17. The minimum atomic E-state index is -0.982. The summed E-state index contributed by atoms with van der Waals surface area (Å²) < 4.78 is 23.0. The Morgan fingerprint density at radius 3 is 1.81 bits per heavy atom. The third kappa shape index (κ3) is 6.08. The van der Waals surface area contributed by atoms with E-state index in [2.05, 4.69) is 0 Å². The Labute approximate surface area is 191 Å². The van der Waals surface area contributed by atoms with E-state index >= 15 is 0 Å². The lowest BCUT2D eigenvalue weighted by Gasteiger charge is -2.36. The summed E-state index contributed by atoms with van der Waals surface area (Å²) in [4.78, 5) is 0. The zero-order valence-electron chi connectivity index (χ0n) is 19.6. The molecule has 6 rings (SSSR count). The maximum absolute atomic E-state index is 11.0. The van der Waals surface area contributed by atoms with Crippen molar-refractivity contribution >= 4 is 0 Å². The monoisotopic (exact) mass is 444 g/mol. The van der Waals surface area contributed by atoms with Crippen molar-refractivity contribution in [3.8, 4) is 23.0 Å². The first-order valence-corrected chi connectivity index (χ1v) is 11.3. The quantitative estimate of drug-likeness (QED) is 0.741. The van der Waals surface area contributed by atoms with E-state index < -0.39 is 5.60 Å². The first kappa shape index (κ1) is 24.2. The van der Waals surface area contributed by atoms with Gasteiger partial charge < -0.3 is 29.2 Å². The summed E-state index contributed by atoms with van der Waals surface area (Å²) in [5, 5.41) is 21.3. The van der Waals surface area contributed by atoms with Crippen molar-refractivity contribution in [2.45, 2.75) is 45.1 Å². The molecule has 2 N–H and O–H groups in total. The van der Waals surface area contributed by atoms with E-state index in [1.807, 2.05) is 36.4 Å². The van der Waals surface area contributed by atoms with Crippen LogP contribution in [0.4, 0.5) is 0 Å². The predicted octanol–water partition coefficient (Wildman–Crippen LogP) is 4.04. The molecule has 4 bridgehead atoms. The van der Waals surface area contributed by atoms with Gasteiger partial charge in [0, 0.05) is 6.61 Å². The molecule has 0 aliphatic carbocycles. The summed E-state index contributed by atoms with van der Waals surface area (Å²) in [6.07, 6.45) is 2.92. The van der Waals surface area contributed by atoms with E-state index in [1.54, 1.807) is 28.1 Å². The number of hydrogen-bond donors (Lipinski definition) is 2. The molecule has 2 aromatic rings. The maximum atomic E-state index is 11.0. The normalized spacial score (nSPS) is 20.1. The molecule has 0 radical (unpaired) electrons. The molecule has 2 atom stereocenters. The summed E-state index contributed by atoms with van der Waals surface area (Å²) in [6.45, 7) is 4.70. The van der Waals surface area contributed by atoms with Gasteiger partial charge in [0.2, 0.25) is 0 Å². The minimum absolute atomic E-state index is 0.0342. The number of benzene rings is 2. The van der Waals surface area contributed by atoms with Gasteiger partial charge in [-0.3, -0.25) is 0 Å². The van der Waals surface area contributed by atoms with E-state index in [4.69, 9.17) is 18.9 Å². The maximum Gasteiger partial charge on any atom is 0.161 e. The summed E-state index contributed by atoms with van der Waals surface area (Å²) >= 11 is 0. The molecule has 4 aliphatic heterocycles. The fourth-order valence-electron chi connectivity index (χ4n) is 4.37. The van der Waals surface area contributed by atoms with Crippen molar-refractivity contribution in [1.82, 2.24) is 0 Å². The summed E-state index contributed by atoms with van der Waals surface area (Å²) in [6, 6.07) is 11.8. The van der Waals surface area contributed by atoms with Crippen molar-refractivity contribution in [1.29, 1.82) is 0 Å². The van der Waals surface area contributed by atoms with Crippen LogP contribution in [0.15, 0.2) is 36.4 Å². The number of aliphatic hydroxyl groups excluding tert-OH is 1. The largest absolute Gasteiger partial charge is 0.493 e. The van der Waals surface area contributed by atoms with Crippen LogP contribution in [0.5, 0.6) is 23.0 Å². The highest BCUT2D eigenvalue weighted by Crippen LogP contribution is 2.36. The lowest BCUT2D eigenvalue weighted by molar-refractivity contribution is -0.0232. The van der Waals surface area contributed by atoms with Gasteiger partial charge in [0.25, 0.3) is 0 Å². The molecule has 0 saturated heterocycles. The number of hydrogen-bond acceptors (Lipinski definition) is 6. The van der Waals surface area contributed by atoms with Crippen molar-refractivity contribution in [2.75, 3.05) is 34.0 Å². The van der Waals surface area contributed by atoms with E-state index in [1.165, 1.54) is 0 Å². The van der Waals surface area contributed by atoms with Crippen molar-refractivity contribution in [3.63, 3.8) is 0 Å². The number of aliphatic hydroxyl groups is 2. The van der Waals surface area contributed by atoms with E-state index in [0.717, 1.165) is 24.0 Å². The Hall–Kier alpha value is -2.44. The molecule has 4 heterocycles.